The van der Waals surface area contributed by atoms with Gasteiger partial charge in [0.2, 0.25) is 0 Å². The first-order chi connectivity index (χ1) is 8.57. The van der Waals surface area contributed by atoms with Gasteiger partial charge in [-0.2, -0.15) is 0 Å². The van der Waals surface area contributed by atoms with E-state index in [9.17, 15) is 5.11 Å². The Morgan fingerprint density at radius 2 is 1.56 bits per heavy atom. The summed E-state index contributed by atoms with van der Waals surface area (Å²) in [7, 11) is 0. The summed E-state index contributed by atoms with van der Waals surface area (Å²) >= 11 is 0. The van der Waals surface area contributed by atoms with E-state index >= 15 is 0 Å². The van der Waals surface area contributed by atoms with Gasteiger partial charge >= 0.3 is 0 Å². The van der Waals surface area contributed by atoms with Crippen molar-refractivity contribution in [2.45, 2.75) is 91.6 Å². The Bertz CT molecular complexity index is 206. The molecule has 0 aromatic heterocycles. The first kappa shape index (κ1) is 17.7. The van der Waals surface area contributed by atoms with Crippen molar-refractivity contribution in [2.75, 3.05) is 0 Å². The van der Waals surface area contributed by atoms with Gasteiger partial charge in [-0.1, -0.05) is 70.9 Å². The first-order valence-corrected chi connectivity index (χ1v) is 7.91. The average molecular weight is 254 g/mol. The van der Waals surface area contributed by atoms with Crippen LogP contribution in [0.25, 0.3) is 0 Å². The van der Waals surface area contributed by atoms with Crippen LogP contribution >= 0.6 is 0 Å². The third-order valence-corrected chi connectivity index (χ3v) is 3.60. The SMILES string of the molecule is CCCCCCCCC/C=C(\C)CC(O)C(C)C. The Kier molecular flexibility index (Phi) is 11.6. The summed E-state index contributed by atoms with van der Waals surface area (Å²) in [6.07, 6.45) is 13.8. The highest BCUT2D eigenvalue weighted by Gasteiger charge is 2.08. The molecule has 1 nitrogen and oxygen atoms in total. The Balaban J connectivity index is 3.45. The highest BCUT2D eigenvalue weighted by molar-refractivity contribution is 4.99. The lowest BCUT2D eigenvalue weighted by molar-refractivity contribution is 0.125. The highest BCUT2D eigenvalue weighted by atomic mass is 16.3. The molecule has 0 aromatic rings. The Morgan fingerprint density at radius 1 is 1.00 bits per heavy atom. The molecular formula is C17H34O. The maximum Gasteiger partial charge on any atom is 0.0600 e. The Morgan fingerprint density at radius 3 is 2.11 bits per heavy atom. The van der Waals surface area contributed by atoms with Gasteiger partial charge in [0.25, 0.3) is 0 Å². The Hall–Kier alpha value is -0.300. The van der Waals surface area contributed by atoms with Crippen LogP contribution in [0.2, 0.25) is 0 Å². The third-order valence-electron chi connectivity index (χ3n) is 3.60. The number of hydrogen-bond donors (Lipinski definition) is 1. The maximum absolute atomic E-state index is 9.78. The van der Waals surface area contributed by atoms with Crippen LogP contribution in [0.4, 0.5) is 0 Å². The second kappa shape index (κ2) is 11.8. The summed E-state index contributed by atoms with van der Waals surface area (Å²) in [5, 5.41) is 9.78. The van der Waals surface area contributed by atoms with E-state index in [-0.39, 0.29) is 6.10 Å². The molecule has 0 spiro atoms. The number of aliphatic hydroxyl groups is 1. The molecule has 0 saturated carbocycles. The van der Waals surface area contributed by atoms with Crippen LogP contribution < -0.4 is 0 Å². The largest absolute Gasteiger partial charge is 0.393 e. The lowest BCUT2D eigenvalue weighted by Crippen LogP contribution is -2.14. The quantitative estimate of drug-likeness (QED) is 0.382. The second-order valence-corrected chi connectivity index (χ2v) is 5.98. The molecule has 0 saturated heterocycles. The van der Waals surface area contributed by atoms with Crippen LogP contribution in [0.3, 0.4) is 0 Å². The fraction of sp³-hybridized carbons (Fsp3) is 0.882. The second-order valence-electron chi connectivity index (χ2n) is 5.98. The molecule has 1 atom stereocenters. The van der Waals surface area contributed by atoms with E-state index in [1.54, 1.807) is 0 Å². The molecule has 0 radical (unpaired) electrons. The maximum atomic E-state index is 9.78. The molecule has 0 aliphatic heterocycles. The van der Waals surface area contributed by atoms with E-state index in [0.717, 1.165) is 6.42 Å². The molecule has 0 heterocycles. The Labute approximate surface area is 115 Å². The van der Waals surface area contributed by atoms with Crippen LogP contribution in [0.1, 0.15) is 85.5 Å². The summed E-state index contributed by atoms with van der Waals surface area (Å²) in [5.74, 6) is 0.368. The molecule has 0 bridgehead atoms. The topological polar surface area (TPSA) is 20.2 Å². The minimum atomic E-state index is -0.171. The average Bonchev–Trinajstić information content (AvgIpc) is 2.32. The molecule has 1 heteroatoms. The molecule has 1 N–H and O–H groups in total. The monoisotopic (exact) mass is 254 g/mol. The van der Waals surface area contributed by atoms with Crippen molar-refractivity contribution in [3.05, 3.63) is 11.6 Å². The lowest BCUT2D eigenvalue weighted by Gasteiger charge is -2.14. The molecule has 108 valence electrons. The van der Waals surface area contributed by atoms with Crippen molar-refractivity contribution in [1.82, 2.24) is 0 Å². The van der Waals surface area contributed by atoms with Gasteiger partial charge in [0.15, 0.2) is 0 Å². The van der Waals surface area contributed by atoms with Crippen LogP contribution in [0.5, 0.6) is 0 Å². The van der Waals surface area contributed by atoms with Crippen molar-refractivity contribution in [3.63, 3.8) is 0 Å². The predicted octanol–water partition coefficient (Wildman–Crippen LogP) is 5.48. The van der Waals surface area contributed by atoms with E-state index in [4.69, 9.17) is 0 Å². The van der Waals surface area contributed by atoms with Crippen molar-refractivity contribution in [1.29, 1.82) is 0 Å². The van der Waals surface area contributed by atoms with Gasteiger partial charge in [0.05, 0.1) is 6.10 Å². The van der Waals surface area contributed by atoms with Crippen molar-refractivity contribution >= 4 is 0 Å². The zero-order valence-electron chi connectivity index (χ0n) is 13.0. The molecular weight excluding hydrogens is 220 g/mol. The molecule has 0 fully saturated rings. The molecule has 18 heavy (non-hydrogen) atoms. The molecule has 1 unspecified atom stereocenters. The summed E-state index contributed by atoms with van der Waals surface area (Å²) < 4.78 is 0. The predicted molar refractivity (Wildman–Crippen MR) is 81.8 cm³/mol. The summed E-state index contributed by atoms with van der Waals surface area (Å²) in [6, 6.07) is 0. The minimum absolute atomic E-state index is 0.171. The summed E-state index contributed by atoms with van der Waals surface area (Å²) in [4.78, 5) is 0. The molecule has 0 aromatic carbocycles. The van der Waals surface area contributed by atoms with Gasteiger partial charge in [-0.25, -0.2) is 0 Å². The fourth-order valence-electron chi connectivity index (χ4n) is 2.10. The van der Waals surface area contributed by atoms with Gasteiger partial charge in [0, 0.05) is 0 Å². The standard InChI is InChI=1S/C17H34O/c1-5-6-7-8-9-10-11-12-13-16(4)14-17(18)15(2)3/h13,15,17-18H,5-12,14H2,1-4H3/b16-13+. The molecule has 0 aliphatic rings. The molecule has 0 rings (SSSR count). The number of unbranched alkanes of at least 4 members (excludes halogenated alkanes) is 7. The van der Waals surface area contributed by atoms with E-state index in [1.165, 1.54) is 56.9 Å². The van der Waals surface area contributed by atoms with E-state index < -0.39 is 0 Å². The smallest absolute Gasteiger partial charge is 0.0600 e. The summed E-state index contributed by atoms with van der Waals surface area (Å²) in [6.45, 7) is 8.56. The summed E-state index contributed by atoms with van der Waals surface area (Å²) in [5.41, 5.74) is 1.35. The van der Waals surface area contributed by atoms with E-state index in [1.807, 2.05) is 0 Å². The van der Waals surface area contributed by atoms with Crippen molar-refractivity contribution < 1.29 is 5.11 Å². The first-order valence-electron chi connectivity index (χ1n) is 7.91. The molecule has 0 amide bonds. The normalized spacial score (nSPS) is 14.2. The number of aliphatic hydroxyl groups excluding tert-OH is 1. The minimum Gasteiger partial charge on any atom is -0.393 e. The van der Waals surface area contributed by atoms with Crippen LogP contribution in [-0.4, -0.2) is 11.2 Å². The van der Waals surface area contributed by atoms with Crippen LogP contribution in [0.15, 0.2) is 11.6 Å². The van der Waals surface area contributed by atoms with Crippen LogP contribution in [0, 0.1) is 5.92 Å². The van der Waals surface area contributed by atoms with Gasteiger partial charge in [0.1, 0.15) is 0 Å². The van der Waals surface area contributed by atoms with Crippen LogP contribution in [-0.2, 0) is 0 Å². The van der Waals surface area contributed by atoms with Crippen molar-refractivity contribution in [2.24, 2.45) is 5.92 Å². The zero-order chi connectivity index (χ0) is 13.8. The highest BCUT2D eigenvalue weighted by Crippen LogP contribution is 2.14. The van der Waals surface area contributed by atoms with Gasteiger partial charge in [-0.3, -0.25) is 0 Å². The van der Waals surface area contributed by atoms with Crippen molar-refractivity contribution in [3.8, 4) is 0 Å². The van der Waals surface area contributed by atoms with Gasteiger partial charge < -0.3 is 5.11 Å². The van der Waals surface area contributed by atoms with Gasteiger partial charge in [-0.05, 0) is 32.1 Å². The van der Waals surface area contributed by atoms with Gasteiger partial charge in [-0.15, -0.1) is 0 Å². The number of allylic oxidation sites excluding steroid dienone is 1. The zero-order valence-corrected chi connectivity index (χ0v) is 13.0. The fourth-order valence-corrected chi connectivity index (χ4v) is 2.10. The number of rotatable bonds is 11. The third kappa shape index (κ3) is 10.8. The lowest BCUT2D eigenvalue weighted by atomic mass is 9.99. The van der Waals surface area contributed by atoms with E-state index in [2.05, 4.69) is 33.8 Å². The molecule has 0 aliphatic carbocycles. The van der Waals surface area contributed by atoms with E-state index in [0.29, 0.717) is 5.92 Å². The number of hydrogen-bond acceptors (Lipinski definition) is 1.